The van der Waals surface area contributed by atoms with Gasteiger partial charge >= 0.3 is 0 Å². The number of hydrogen-bond acceptors (Lipinski definition) is 7. The molecule has 0 aliphatic carbocycles. The Hall–Kier alpha value is -2.19. The van der Waals surface area contributed by atoms with Gasteiger partial charge in [0.25, 0.3) is 0 Å². The molecule has 0 aliphatic heterocycles. The van der Waals surface area contributed by atoms with Crippen molar-refractivity contribution in [1.82, 2.24) is 14.9 Å². The maximum Gasteiger partial charge on any atom is 0.232 e. The van der Waals surface area contributed by atoms with E-state index in [1.54, 1.807) is 36.2 Å². The van der Waals surface area contributed by atoms with Crippen LogP contribution in [-0.2, 0) is 4.79 Å². The second-order valence-corrected chi connectivity index (χ2v) is 6.29. The number of ether oxygens (including phenoxy) is 1. The highest BCUT2D eigenvalue weighted by molar-refractivity contribution is 7.99. The van der Waals surface area contributed by atoms with Crippen LogP contribution in [0.1, 0.15) is 0 Å². The zero-order chi connectivity index (χ0) is 17.5. The number of anilines is 2. The van der Waals surface area contributed by atoms with Crippen LogP contribution in [0.15, 0.2) is 35.5 Å². The molecule has 2 rings (SSSR count). The smallest absolute Gasteiger partial charge is 0.232 e. The number of nitrogens with two attached hydrogens (primary N) is 2. The molecule has 9 heteroatoms. The lowest BCUT2D eigenvalue weighted by Crippen LogP contribution is -2.32. The maximum atomic E-state index is 12.1. The first kappa shape index (κ1) is 18.2. The Morgan fingerprint density at radius 2 is 1.88 bits per heavy atom. The second kappa shape index (κ2) is 8.60. The molecule has 7 nitrogen and oxygen atoms in total. The van der Waals surface area contributed by atoms with Crippen molar-refractivity contribution in [3.63, 3.8) is 0 Å². The van der Waals surface area contributed by atoms with Gasteiger partial charge in [-0.05, 0) is 24.3 Å². The molecule has 128 valence electrons. The largest absolute Gasteiger partial charge is 0.492 e. The van der Waals surface area contributed by atoms with E-state index in [-0.39, 0.29) is 23.3 Å². The number of carbonyl (C=O) groups is 1. The highest BCUT2D eigenvalue weighted by atomic mass is 35.5. The van der Waals surface area contributed by atoms with Crippen LogP contribution in [0, 0.1) is 0 Å². The third-order valence-electron chi connectivity index (χ3n) is 3.00. The molecule has 0 bridgehead atoms. The van der Waals surface area contributed by atoms with Crippen molar-refractivity contribution in [1.29, 1.82) is 0 Å². The highest BCUT2D eigenvalue weighted by Gasteiger charge is 2.11. The second-order valence-electron chi connectivity index (χ2n) is 4.91. The fourth-order valence-corrected chi connectivity index (χ4v) is 2.66. The van der Waals surface area contributed by atoms with Gasteiger partial charge < -0.3 is 21.1 Å². The van der Waals surface area contributed by atoms with Crippen molar-refractivity contribution in [3.8, 4) is 5.75 Å². The first-order valence-electron chi connectivity index (χ1n) is 7.09. The van der Waals surface area contributed by atoms with Crippen LogP contribution in [0.3, 0.4) is 0 Å². The van der Waals surface area contributed by atoms with E-state index < -0.39 is 0 Å². The fourth-order valence-electron chi connectivity index (χ4n) is 1.72. The van der Waals surface area contributed by atoms with Crippen molar-refractivity contribution in [2.24, 2.45) is 0 Å². The summed E-state index contributed by atoms with van der Waals surface area (Å²) in [6.07, 6.45) is 0. The summed E-state index contributed by atoms with van der Waals surface area (Å²) in [5.41, 5.74) is 11.2. The summed E-state index contributed by atoms with van der Waals surface area (Å²) >= 11 is 6.99. The molecule has 0 saturated carbocycles. The van der Waals surface area contributed by atoms with E-state index in [1.165, 1.54) is 17.8 Å². The minimum Gasteiger partial charge on any atom is -0.492 e. The molecule has 1 aromatic carbocycles. The average Bonchev–Trinajstić information content (AvgIpc) is 2.53. The van der Waals surface area contributed by atoms with Gasteiger partial charge in [0.1, 0.15) is 24.0 Å². The monoisotopic (exact) mass is 367 g/mol. The summed E-state index contributed by atoms with van der Waals surface area (Å²) in [5.74, 6) is 1.40. The van der Waals surface area contributed by atoms with Gasteiger partial charge in [-0.15, -0.1) is 0 Å². The summed E-state index contributed by atoms with van der Waals surface area (Å²) in [4.78, 5) is 21.7. The summed E-state index contributed by atoms with van der Waals surface area (Å²) in [6.45, 7) is 0.845. The Kier molecular flexibility index (Phi) is 6.51. The number of aromatic nitrogens is 2. The first-order chi connectivity index (χ1) is 11.4. The van der Waals surface area contributed by atoms with E-state index in [0.717, 1.165) is 0 Å². The number of carbonyl (C=O) groups excluding carboxylic acids is 1. The van der Waals surface area contributed by atoms with Crippen molar-refractivity contribution in [3.05, 3.63) is 35.4 Å². The Bertz CT molecular complexity index is 679. The quantitative estimate of drug-likeness (QED) is 0.568. The van der Waals surface area contributed by atoms with E-state index in [2.05, 4.69) is 9.97 Å². The number of nitrogens with zero attached hydrogens (tertiary/aromatic N) is 3. The average molecular weight is 368 g/mol. The third kappa shape index (κ3) is 5.78. The molecule has 0 fully saturated rings. The SMILES string of the molecule is CN(CCOc1ccc(Cl)cc1)C(=O)CSc1nc(N)cc(N)n1. The van der Waals surface area contributed by atoms with Crippen LogP contribution in [0.5, 0.6) is 5.75 Å². The van der Waals surface area contributed by atoms with Gasteiger partial charge in [-0.2, -0.15) is 0 Å². The molecule has 0 aliphatic rings. The standard InChI is InChI=1S/C15H18ClN5O2S/c1-21(6-7-23-11-4-2-10(16)3-5-11)14(22)9-24-15-19-12(17)8-13(18)20-15/h2-5,8H,6-7,9H2,1H3,(H4,17,18,19,20). The van der Waals surface area contributed by atoms with E-state index in [9.17, 15) is 4.79 Å². The highest BCUT2D eigenvalue weighted by Crippen LogP contribution is 2.17. The van der Waals surface area contributed by atoms with Crippen LogP contribution in [0.2, 0.25) is 5.02 Å². The Morgan fingerprint density at radius 1 is 1.25 bits per heavy atom. The predicted octanol–water partition coefficient (Wildman–Crippen LogP) is 1.92. The van der Waals surface area contributed by atoms with Crippen molar-refractivity contribution in [2.45, 2.75) is 5.16 Å². The molecule has 24 heavy (non-hydrogen) atoms. The molecule has 0 unspecified atom stereocenters. The van der Waals surface area contributed by atoms with Gasteiger partial charge in [-0.1, -0.05) is 23.4 Å². The summed E-state index contributed by atoms with van der Waals surface area (Å²) in [5, 5.41) is 1.03. The van der Waals surface area contributed by atoms with Crippen LogP contribution in [0.25, 0.3) is 0 Å². The van der Waals surface area contributed by atoms with Gasteiger partial charge in [-0.3, -0.25) is 4.79 Å². The Morgan fingerprint density at radius 3 is 2.50 bits per heavy atom. The lowest BCUT2D eigenvalue weighted by atomic mass is 10.3. The Balaban J connectivity index is 1.74. The van der Waals surface area contributed by atoms with Crippen molar-refractivity contribution >= 4 is 40.9 Å². The van der Waals surface area contributed by atoms with Crippen LogP contribution < -0.4 is 16.2 Å². The molecular formula is C15H18ClN5O2S. The third-order valence-corrected chi connectivity index (χ3v) is 4.09. The topological polar surface area (TPSA) is 107 Å². The zero-order valence-corrected chi connectivity index (χ0v) is 14.7. The molecule has 2 aromatic rings. The van der Waals surface area contributed by atoms with Crippen molar-refractivity contribution < 1.29 is 9.53 Å². The summed E-state index contributed by atoms with van der Waals surface area (Å²) in [7, 11) is 1.71. The van der Waals surface area contributed by atoms with Gasteiger partial charge in [0.2, 0.25) is 5.91 Å². The molecule has 1 amide bonds. The number of benzene rings is 1. The number of nitrogen functional groups attached to an aromatic ring is 2. The van der Waals surface area contributed by atoms with Crippen molar-refractivity contribution in [2.75, 3.05) is 37.4 Å². The molecule has 1 heterocycles. The zero-order valence-electron chi connectivity index (χ0n) is 13.1. The van der Waals surface area contributed by atoms with E-state index >= 15 is 0 Å². The van der Waals surface area contributed by atoms with E-state index in [0.29, 0.717) is 29.1 Å². The lowest BCUT2D eigenvalue weighted by Gasteiger charge is -2.17. The number of likely N-dealkylation sites (N-methyl/N-ethyl adjacent to an activating group) is 1. The normalized spacial score (nSPS) is 10.4. The summed E-state index contributed by atoms with van der Waals surface area (Å²) in [6, 6.07) is 8.52. The molecule has 0 spiro atoms. The summed E-state index contributed by atoms with van der Waals surface area (Å²) < 4.78 is 5.56. The molecule has 0 radical (unpaired) electrons. The first-order valence-corrected chi connectivity index (χ1v) is 8.45. The van der Waals surface area contributed by atoms with Gasteiger partial charge in [0.15, 0.2) is 5.16 Å². The number of thioether (sulfide) groups is 1. The van der Waals surface area contributed by atoms with Crippen LogP contribution in [-0.4, -0.2) is 46.7 Å². The molecule has 0 saturated heterocycles. The Labute approximate surface area is 149 Å². The predicted molar refractivity (Wildman–Crippen MR) is 96.2 cm³/mol. The van der Waals surface area contributed by atoms with Crippen LogP contribution in [0.4, 0.5) is 11.6 Å². The molecule has 0 atom stereocenters. The van der Waals surface area contributed by atoms with Gasteiger partial charge in [0.05, 0.1) is 12.3 Å². The lowest BCUT2D eigenvalue weighted by molar-refractivity contribution is -0.127. The minimum atomic E-state index is -0.0655. The molecule has 1 aromatic heterocycles. The fraction of sp³-hybridized carbons (Fsp3) is 0.267. The van der Waals surface area contributed by atoms with Gasteiger partial charge in [0, 0.05) is 18.1 Å². The number of halogens is 1. The maximum absolute atomic E-state index is 12.1. The number of rotatable bonds is 7. The number of hydrogen-bond donors (Lipinski definition) is 2. The van der Waals surface area contributed by atoms with E-state index in [1.807, 2.05) is 0 Å². The minimum absolute atomic E-state index is 0.0655. The molecular weight excluding hydrogens is 350 g/mol. The molecule has 4 N–H and O–H groups in total. The van der Waals surface area contributed by atoms with Crippen LogP contribution >= 0.6 is 23.4 Å². The van der Waals surface area contributed by atoms with Gasteiger partial charge in [-0.25, -0.2) is 9.97 Å². The number of amides is 1. The van der Waals surface area contributed by atoms with E-state index in [4.69, 9.17) is 27.8 Å².